The molecule has 0 aliphatic rings. The van der Waals surface area contributed by atoms with Crippen LogP contribution in [-0.2, 0) is 13.5 Å². The minimum atomic E-state index is 0.606. The first kappa shape index (κ1) is 9.26. The Kier molecular flexibility index (Phi) is 3.29. The fraction of sp³-hybridized carbons (Fsp3) is 0.667. The molecule has 3 nitrogen and oxygen atoms in total. The van der Waals surface area contributed by atoms with E-state index >= 15 is 0 Å². The van der Waals surface area contributed by atoms with Crippen LogP contribution in [0, 0.1) is 5.92 Å². The van der Waals surface area contributed by atoms with Crippen molar-refractivity contribution in [1.82, 2.24) is 9.78 Å². The Morgan fingerprint density at radius 3 is 2.83 bits per heavy atom. The van der Waals surface area contributed by atoms with E-state index in [1.807, 2.05) is 17.9 Å². The molecule has 1 aromatic rings. The average molecular weight is 167 g/mol. The zero-order valence-electron chi connectivity index (χ0n) is 7.83. The summed E-state index contributed by atoms with van der Waals surface area (Å²) in [6.45, 7) is 2.94. The number of hydrogen-bond acceptors (Lipinski definition) is 2. The van der Waals surface area contributed by atoms with Crippen molar-refractivity contribution in [3.05, 3.63) is 18.0 Å². The van der Waals surface area contributed by atoms with Gasteiger partial charge in [0.05, 0.1) is 6.20 Å². The average Bonchev–Trinajstić information content (AvgIpc) is 2.47. The fourth-order valence-corrected chi connectivity index (χ4v) is 1.30. The summed E-state index contributed by atoms with van der Waals surface area (Å²) >= 11 is 0. The Morgan fingerprint density at radius 2 is 2.42 bits per heavy atom. The lowest BCUT2D eigenvalue weighted by Gasteiger charge is -2.09. The Balaban J connectivity index is 2.50. The summed E-state index contributed by atoms with van der Waals surface area (Å²) in [5, 5.41) is 4.11. The topological polar surface area (TPSA) is 43.8 Å². The summed E-state index contributed by atoms with van der Waals surface area (Å²) in [6.07, 6.45) is 6.17. The van der Waals surface area contributed by atoms with Crippen molar-refractivity contribution in [3.8, 4) is 0 Å². The van der Waals surface area contributed by atoms with Crippen LogP contribution in [0.5, 0.6) is 0 Å². The maximum atomic E-state index is 5.61. The van der Waals surface area contributed by atoms with E-state index in [-0.39, 0.29) is 0 Å². The van der Waals surface area contributed by atoms with E-state index in [4.69, 9.17) is 5.73 Å². The molecular formula is C9H17N3. The van der Waals surface area contributed by atoms with Crippen LogP contribution in [0.3, 0.4) is 0 Å². The molecule has 3 heteroatoms. The lowest BCUT2D eigenvalue weighted by atomic mass is 9.99. The Labute approximate surface area is 73.6 Å². The molecule has 0 bridgehead atoms. The van der Waals surface area contributed by atoms with E-state index in [0.717, 1.165) is 19.4 Å². The van der Waals surface area contributed by atoms with Crippen molar-refractivity contribution in [3.63, 3.8) is 0 Å². The molecule has 0 saturated heterocycles. The third-order valence-corrected chi connectivity index (χ3v) is 2.19. The van der Waals surface area contributed by atoms with Gasteiger partial charge in [0.2, 0.25) is 0 Å². The summed E-state index contributed by atoms with van der Waals surface area (Å²) in [5.41, 5.74) is 6.90. The largest absolute Gasteiger partial charge is 0.330 e. The standard InChI is InChI=1S/C9H17N3/c1-3-8(5-10)4-9-6-11-12(2)7-9/h6-8H,3-5,10H2,1-2H3. The van der Waals surface area contributed by atoms with E-state index in [1.165, 1.54) is 5.56 Å². The van der Waals surface area contributed by atoms with E-state index in [0.29, 0.717) is 5.92 Å². The van der Waals surface area contributed by atoms with Crippen LogP contribution < -0.4 is 5.73 Å². The van der Waals surface area contributed by atoms with Gasteiger partial charge in [0.25, 0.3) is 0 Å². The molecule has 1 unspecified atom stereocenters. The Bertz CT molecular complexity index is 225. The van der Waals surface area contributed by atoms with Crippen molar-refractivity contribution >= 4 is 0 Å². The molecule has 0 saturated carbocycles. The minimum Gasteiger partial charge on any atom is -0.330 e. The first-order chi connectivity index (χ1) is 5.76. The van der Waals surface area contributed by atoms with E-state index < -0.39 is 0 Å². The minimum absolute atomic E-state index is 0.606. The highest BCUT2D eigenvalue weighted by molar-refractivity contribution is 5.04. The highest BCUT2D eigenvalue weighted by Crippen LogP contribution is 2.09. The van der Waals surface area contributed by atoms with Gasteiger partial charge in [0.15, 0.2) is 0 Å². The monoisotopic (exact) mass is 167 g/mol. The highest BCUT2D eigenvalue weighted by atomic mass is 15.2. The summed E-state index contributed by atoms with van der Waals surface area (Å²) in [4.78, 5) is 0. The van der Waals surface area contributed by atoms with Gasteiger partial charge in [-0.1, -0.05) is 13.3 Å². The predicted molar refractivity (Wildman–Crippen MR) is 49.7 cm³/mol. The summed E-state index contributed by atoms with van der Waals surface area (Å²) in [7, 11) is 1.94. The SMILES string of the molecule is CCC(CN)Cc1cnn(C)c1. The van der Waals surface area contributed by atoms with Gasteiger partial charge in [0, 0.05) is 13.2 Å². The van der Waals surface area contributed by atoms with Crippen LogP contribution in [0.15, 0.2) is 12.4 Å². The molecule has 68 valence electrons. The van der Waals surface area contributed by atoms with E-state index in [9.17, 15) is 0 Å². The quantitative estimate of drug-likeness (QED) is 0.725. The first-order valence-corrected chi connectivity index (χ1v) is 4.43. The van der Waals surface area contributed by atoms with Gasteiger partial charge in [-0.2, -0.15) is 5.10 Å². The second kappa shape index (κ2) is 4.26. The normalized spacial score (nSPS) is 13.2. The molecule has 12 heavy (non-hydrogen) atoms. The molecular weight excluding hydrogens is 150 g/mol. The molecule has 0 spiro atoms. The molecule has 1 rings (SSSR count). The van der Waals surface area contributed by atoms with Gasteiger partial charge in [-0.05, 0) is 24.4 Å². The maximum Gasteiger partial charge on any atom is 0.0521 e. The molecule has 1 heterocycles. The smallest absolute Gasteiger partial charge is 0.0521 e. The van der Waals surface area contributed by atoms with Gasteiger partial charge in [-0.25, -0.2) is 0 Å². The molecule has 1 aromatic heterocycles. The predicted octanol–water partition coefficient (Wildman–Crippen LogP) is 0.947. The third kappa shape index (κ3) is 2.34. The van der Waals surface area contributed by atoms with Crippen LogP contribution in [0.2, 0.25) is 0 Å². The van der Waals surface area contributed by atoms with Gasteiger partial charge in [-0.15, -0.1) is 0 Å². The number of aromatic nitrogens is 2. The van der Waals surface area contributed by atoms with Crippen LogP contribution in [0.25, 0.3) is 0 Å². The van der Waals surface area contributed by atoms with Crippen LogP contribution in [0.1, 0.15) is 18.9 Å². The second-order valence-corrected chi connectivity index (χ2v) is 3.24. The van der Waals surface area contributed by atoms with Gasteiger partial charge >= 0.3 is 0 Å². The number of nitrogens with zero attached hydrogens (tertiary/aromatic N) is 2. The molecule has 1 atom stereocenters. The van der Waals surface area contributed by atoms with Crippen molar-refractivity contribution in [2.45, 2.75) is 19.8 Å². The van der Waals surface area contributed by atoms with E-state index in [1.54, 1.807) is 0 Å². The van der Waals surface area contributed by atoms with Crippen molar-refractivity contribution in [1.29, 1.82) is 0 Å². The zero-order chi connectivity index (χ0) is 8.97. The van der Waals surface area contributed by atoms with Crippen LogP contribution in [-0.4, -0.2) is 16.3 Å². The van der Waals surface area contributed by atoms with Gasteiger partial charge < -0.3 is 5.73 Å². The highest BCUT2D eigenvalue weighted by Gasteiger charge is 2.05. The molecule has 0 fully saturated rings. The summed E-state index contributed by atoms with van der Waals surface area (Å²) in [6, 6.07) is 0. The summed E-state index contributed by atoms with van der Waals surface area (Å²) in [5.74, 6) is 0.606. The Hall–Kier alpha value is -0.830. The van der Waals surface area contributed by atoms with Crippen LogP contribution in [0.4, 0.5) is 0 Å². The molecule has 0 aliphatic carbocycles. The van der Waals surface area contributed by atoms with E-state index in [2.05, 4.69) is 18.2 Å². The number of rotatable bonds is 4. The third-order valence-electron chi connectivity index (χ3n) is 2.19. The molecule has 0 aromatic carbocycles. The van der Waals surface area contributed by atoms with Crippen LogP contribution >= 0.6 is 0 Å². The van der Waals surface area contributed by atoms with Crippen molar-refractivity contribution < 1.29 is 0 Å². The number of aryl methyl sites for hydroxylation is 1. The maximum absolute atomic E-state index is 5.61. The lowest BCUT2D eigenvalue weighted by molar-refractivity contribution is 0.518. The molecule has 2 N–H and O–H groups in total. The zero-order valence-corrected chi connectivity index (χ0v) is 7.83. The lowest BCUT2D eigenvalue weighted by Crippen LogP contribution is -2.15. The van der Waals surface area contributed by atoms with Crippen molar-refractivity contribution in [2.75, 3.05) is 6.54 Å². The van der Waals surface area contributed by atoms with Crippen molar-refractivity contribution in [2.24, 2.45) is 18.7 Å². The fourth-order valence-electron chi connectivity index (χ4n) is 1.30. The number of hydrogen-bond donors (Lipinski definition) is 1. The molecule has 0 radical (unpaired) electrons. The first-order valence-electron chi connectivity index (χ1n) is 4.43. The van der Waals surface area contributed by atoms with Gasteiger partial charge in [0.1, 0.15) is 0 Å². The summed E-state index contributed by atoms with van der Waals surface area (Å²) < 4.78 is 1.83. The van der Waals surface area contributed by atoms with Gasteiger partial charge in [-0.3, -0.25) is 4.68 Å². The Morgan fingerprint density at radius 1 is 1.67 bits per heavy atom. The second-order valence-electron chi connectivity index (χ2n) is 3.24. The molecule has 0 amide bonds. The number of nitrogens with two attached hydrogens (primary N) is 1. The molecule has 0 aliphatic heterocycles.